The summed E-state index contributed by atoms with van der Waals surface area (Å²) in [4.78, 5) is 21.0. The van der Waals surface area contributed by atoms with Crippen molar-refractivity contribution in [2.45, 2.75) is 6.54 Å². The van der Waals surface area contributed by atoms with Gasteiger partial charge in [-0.2, -0.15) is 17.8 Å². The molecule has 0 fully saturated rings. The maximum absolute atomic E-state index is 13.2. The minimum atomic E-state index is -3.65. The molecule has 10 nitrogen and oxygen atoms in total. The van der Waals surface area contributed by atoms with Gasteiger partial charge in [0.15, 0.2) is 0 Å². The number of nitrogens with one attached hydrogen (secondary N) is 2. The lowest BCUT2D eigenvalue weighted by Gasteiger charge is -2.13. The second kappa shape index (κ2) is 8.92. The molecule has 0 unspecified atom stereocenters. The van der Waals surface area contributed by atoms with Gasteiger partial charge in [0.2, 0.25) is 0 Å². The lowest BCUT2D eigenvalue weighted by Crippen LogP contribution is -2.29. The first-order valence-electron chi connectivity index (χ1n) is 9.76. The zero-order chi connectivity index (χ0) is 23.6. The topological polar surface area (TPSA) is 122 Å². The molecule has 170 valence electrons. The monoisotopic (exact) mass is 469 g/mol. The van der Waals surface area contributed by atoms with Crippen molar-refractivity contribution in [3.63, 3.8) is 0 Å². The van der Waals surface area contributed by atoms with E-state index in [9.17, 15) is 17.6 Å². The number of anilines is 1. The molecule has 0 aliphatic carbocycles. The number of amides is 1. The molecule has 0 spiro atoms. The van der Waals surface area contributed by atoms with E-state index < -0.39 is 10.2 Å². The number of halogens is 1. The molecule has 0 radical (unpaired) electrons. The number of fused-ring (bicyclic) bond motifs is 1. The molecule has 2 N–H and O–H groups in total. The van der Waals surface area contributed by atoms with E-state index in [1.165, 1.54) is 44.7 Å². The van der Waals surface area contributed by atoms with Crippen LogP contribution in [-0.4, -0.2) is 52.5 Å². The number of benzene rings is 1. The average Bonchev–Trinajstić information content (AvgIpc) is 3.23. The van der Waals surface area contributed by atoms with Crippen LogP contribution in [0.1, 0.15) is 15.9 Å². The van der Waals surface area contributed by atoms with Gasteiger partial charge in [-0.1, -0.05) is 6.07 Å². The summed E-state index contributed by atoms with van der Waals surface area (Å²) < 4.78 is 41.9. The molecule has 0 aliphatic heterocycles. The fraction of sp³-hybridized carbons (Fsp3) is 0.143. The van der Waals surface area contributed by atoms with Crippen LogP contribution >= 0.6 is 0 Å². The van der Waals surface area contributed by atoms with Crippen LogP contribution in [0.3, 0.4) is 0 Å². The largest absolute Gasteiger partial charge is 0.348 e. The van der Waals surface area contributed by atoms with Crippen LogP contribution in [0.25, 0.3) is 16.6 Å². The molecular weight excluding hydrogens is 449 g/mol. The summed E-state index contributed by atoms with van der Waals surface area (Å²) >= 11 is 0. The Morgan fingerprint density at radius 2 is 1.82 bits per heavy atom. The summed E-state index contributed by atoms with van der Waals surface area (Å²) in [5, 5.41) is 7.71. The number of hydrogen-bond donors (Lipinski definition) is 2. The first-order valence-corrected chi connectivity index (χ1v) is 11.2. The van der Waals surface area contributed by atoms with Gasteiger partial charge in [-0.15, -0.1) is 0 Å². The fourth-order valence-corrected chi connectivity index (χ4v) is 3.57. The zero-order valence-corrected chi connectivity index (χ0v) is 18.5. The summed E-state index contributed by atoms with van der Waals surface area (Å²) in [6.45, 7) is 0.176. The van der Waals surface area contributed by atoms with Crippen LogP contribution in [0.2, 0.25) is 0 Å². The van der Waals surface area contributed by atoms with Gasteiger partial charge < -0.3 is 5.32 Å². The quantitative estimate of drug-likeness (QED) is 0.428. The Kier molecular flexibility index (Phi) is 6.03. The van der Waals surface area contributed by atoms with Gasteiger partial charge in [0.25, 0.3) is 5.91 Å². The van der Waals surface area contributed by atoms with Gasteiger partial charge in [0.05, 0.1) is 29.2 Å². The summed E-state index contributed by atoms with van der Waals surface area (Å²) in [6, 6.07) is 9.01. The van der Waals surface area contributed by atoms with Crippen molar-refractivity contribution in [2.24, 2.45) is 0 Å². The van der Waals surface area contributed by atoms with E-state index in [1.807, 2.05) is 0 Å². The number of nitrogens with zero attached hydrogens (tertiary/aromatic N) is 5. The lowest BCUT2D eigenvalue weighted by atomic mass is 10.1. The van der Waals surface area contributed by atoms with Gasteiger partial charge >= 0.3 is 10.2 Å². The molecule has 3 aromatic heterocycles. The predicted octanol–water partition coefficient (Wildman–Crippen LogP) is 2.10. The second-order valence-corrected chi connectivity index (χ2v) is 9.16. The highest BCUT2D eigenvalue weighted by Gasteiger charge is 2.16. The third-order valence-corrected chi connectivity index (χ3v) is 6.23. The van der Waals surface area contributed by atoms with Crippen LogP contribution in [0, 0.1) is 5.82 Å². The first kappa shape index (κ1) is 22.3. The highest BCUT2D eigenvalue weighted by atomic mass is 32.2. The number of carbonyl (C=O) groups is 1. The Balaban J connectivity index is 1.48. The normalized spacial score (nSPS) is 11.6. The number of carbonyl (C=O) groups excluding carboxylic acids is 1. The van der Waals surface area contributed by atoms with Crippen LogP contribution in [0.5, 0.6) is 0 Å². The van der Waals surface area contributed by atoms with Crippen LogP contribution in [0.4, 0.5) is 10.2 Å². The highest BCUT2D eigenvalue weighted by Crippen LogP contribution is 2.21. The molecule has 1 amide bonds. The van der Waals surface area contributed by atoms with Crippen LogP contribution < -0.4 is 10.0 Å². The Morgan fingerprint density at radius 3 is 2.48 bits per heavy atom. The fourth-order valence-electron chi connectivity index (χ4n) is 3.00. The van der Waals surface area contributed by atoms with E-state index in [-0.39, 0.29) is 24.1 Å². The second-order valence-electron chi connectivity index (χ2n) is 7.28. The number of pyridine rings is 2. The summed E-state index contributed by atoms with van der Waals surface area (Å²) in [6.07, 6.45) is 6.06. The Bertz CT molecular complexity index is 1400. The maximum Gasteiger partial charge on any atom is 0.302 e. The molecule has 0 aliphatic rings. The number of aromatic nitrogens is 4. The molecule has 0 atom stereocenters. The smallest absolute Gasteiger partial charge is 0.302 e. The molecule has 12 heteroatoms. The van der Waals surface area contributed by atoms with Crippen molar-refractivity contribution in [3.05, 3.63) is 78.1 Å². The van der Waals surface area contributed by atoms with E-state index in [2.05, 4.69) is 25.1 Å². The summed E-state index contributed by atoms with van der Waals surface area (Å²) in [7, 11) is -0.834. The molecule has 33 heavy (non-hydrogen) atoms. The van der Waals surface area contributed by atoms with Crippen LogP contribution in [-0.2, 0) is 16.8 Å². The SMILES string of the molecule is CN(C)S(=O)(=O)Nc1ccc(CNC(=O)c2cncc3c2cnn3-c2ccc(F)cc2)cn1. The van der Waals surface area contributed by atoms with E-state index in [1.54, 1.807) is 35.3 Å². The highest BCUT2D eigenvalue weighted by molar-refractivity contribution is 7.90. The number of rotatable bonds is 7. The predicted molar refractivity (Wildman–Crippen MR) is 120 cm³/mol. The molecule has 4 aromatic rings. The molecule has 0 saturated carbocycles. The third kappa shape index (κ3) is 4.81. The number of hydrogen-bond acceptors (Lipinski definition) is 6. The summed E-state index contributed by atoms with van der Waals surface area (Å²) in [5.74, 6) is -0.545. The van der Waals surface area contributed by atoms with Crippen molar-refractivity contribution in [2.75, 3.05) is 18.8 Å². The van der Waals surface area contributed by atoms with Crippen molar-refractivity contribution < 1.29 is 17.6 Å². The molecule has 0 bridgehead atoms. The standard InChI is InChI=1S/C21H20FN7O3S/c1-28(2)33(31,32)27-20-8-3-14(9-24-20)10-25-21(30)18-11-23-13-19-17(18)12-26-29(19)16-6-4-15(22)5-7-16/h3-9,11-13H,10H2,1-2H3,(H,24,27)(H,25,30). The Hall–Kier alpha value is -3.90. The van der Waals surface area contributed by atoms with Gasteiger partial charge in [-0.25, -0.2) is 14.1 Å². The minimum absolute atomic E-state index is 0.168. The van der Waals surface area contributed by atoms with Gasteiger partial charge in [-0.3, -0.25) is 14.5 Å². The molecule has 0 saturated heterocycles. The van der Waals surface area contributed by atoms with Crippen molar-refractivity contribution in [1.82, 2.24) is 29.4 Å². The molecule has 4 rings (SSSR count). The molecule has 3 heterocycles. The van der Waals surface area contributed by atoms with Crippen LogP contribution in [0.15, 0.2) is 61.2 Å². The Labute approximate surface area is 189 Å². The Morgan fingerprint density at radius 1 is 1.06 bits per heavy atom. The first-order chi connectivity index (χ1) is 15.7. The van der Waals surface area contributed by atoms with Crippen molar-refractivity contribution >= 4 is 32.8 Å². The summed E-state index contributed by atoms with van der Waals surface area (Å²) in [5.41, 5.74) is 2.26. The van der Waals surface area contributed by atoms with E-state index >= 15 is 0 Å². The van der Waals surface area contributed by atoms with Gasteiger partial charge in [0.1, 0.15) is 11.6 Å². The molecular formula is C21H20FN7O3S. The lowest BCUT2D eigenvalue weighted by molar-refractivity contribution is 0.0952. The minimum Gasteiger partial charge on any atom is -0.348 e. The van der Waals surface area contributed by atoms with Crippen molar-refractivity contribution in [3.8, 4) is 5.69 Å². The molecule has 1 aromatic carbocycles. The zero-order valence-electron chi connectivity index (χ0n) is 17.7. The average molecular weight is 470 g/mol. The third-order valence-electron chi connectivity index (χ3n) is 4.80. The van der Waals surface area contributed by atoms with E-state index in [0.29, 0.717) is 27.7 Å². The van der Waals surface area contributed by atoms with E-state index in [4.69, 9.17) is 0 Å². The maximum atomic E-state index is 13.2. The van der Waals surface area contributed by atoms with Gasteiger partial charge in [0, 0.05) is 38.4 Å². The van der Waals surface area contributed by atoms with E-state index in [0.717, 1.165) is 4.31 Å². The van der Waals surface area contributed by atoms with Gasteiger partial charge in [-0.05, 0) is 35.9 Å². The van der Waals surface area contributed by atoms with Crippen molar-refractivity contribution in [1.29, 1.82) is 0 Å².